The van der Waals surface area contributed by atoms with Crippen molar-refractivity contribution in [3.8, 4) is 0 Å². The third kappa shape index (κ3) is 23.5. The Balaban J connectivity index is -0.000000556. The highest BCUT2D eigenvalue weighted by Crippen LogP contribution is 2.23. The Hall–Kier alpha value is 0.171. The highest BCUT2D eigenvalue weighted by molar-refractivity contribution is 6.61. The second-order valence-electron chi connectivity index (χ2n) is 10.1. The van der Waals surface area contributed by atoms with E-state index in [0.717, 1.165) is 37.4 Å². The molecule has 258 valence electrons. The van der Waals surface area contributed by atoms with Gasteiger partial charge in [-0.05, 0) is 101 Å². The summed E-state index contributed by atoms with van der Waals surface area (Å²) in [5, 5.41) is 0. The average molecular weight is 664 g/mol. The fraction of sp³-hybridized carbons (Fsp3) is 1.00. The van der Waals surface area contributed by atoms with Gasteiger partial charge in [-0.25, -0.2) is 0 Å². The summed E-state index contributed by atoms with van der Waals surface area (Å²) in [6, 6.07) is 2.39. The standard InChI is InChI=1S/C12H29NO3Si.C9H23NO3Si.C6H17NO3Si/c1-10(2)14-17(9-7-8-13,15-11(3)4)16-12(5)6;1-4-11-14(12-5-2,13-6-3)9-7-8-10;1-8-11(9-2,10-3)6-4-5-7/h10-12H,7-9,13H2,1-6H3;4-10H2,1-3H3;4-7H2,1-3H3. The fourth-order valence-corrected chi connectivity index (χ4v) is 11.6. The van der Waals surface area contributed by atoms with Crippen molar-refractivity contribution in [2.75, 3.05) is 60.8 Å². The first-order chi connectivity index (χ1) is 19.8. The maximum absolute atomic E-state index is 6.00. The Bertz CT molecular complexity index is 528. The molecule has 0 unspecified atom stereocenters. The first-order valence-corrected chi connectivity index (χ1v) is 21.3. The molecule has 0 atom stereocenters. The summed E-state index contributed by atoms with van der Waals surface area (Å²) in [7, 11) is -2.48. The van der Waals surface area contributed by atoms with Crippen molar-refractivity contribution in [1.29, 1.82) is 0 Å². The third-order valence-electron chi connectivity index (χ3n) is 5.33. The van der Waals surface area contributed by atoms with Crippen LogP contribution in [0.3, 0.4) is 0 Å². The molecule has 0 amide bonds. The van der Waals surface area contributed by atoms with E-state index in [0.29, 0.717) is 39.5 Å². The van der Waals surface area contributed by atoms with E-state index in [-0.39, 0.29) is 18.3 Å². The van der Waals surface area contributed by atoms with Gasteiger partial charge in [0.05, 0.1) is 0 Å². The van der Waals surface area contributed by atoms with Gasteiger partial charge in [0.25, 0.3) is 0 Å². The van der Waals surface area contributed by atoms with E-state index in [1.165, 1.54) is 0 Å². The molecule has 42 heavy (non-hydrogen) atoms. The lowest BCUT2D eigenvalue weighted by atomic mass is 10.5. The second-order valence-corrected chi connectivity index (χ2v) is 18.5. The van der Waals surface area contributed by atoms with Gasteiger partial charge in [-0.1, -0.05) is 0 Å². The van der Waals surface area contributed by atoms with Crippen molar-refractivity contribution >= 4 is 26.4 Å². The van der Waals surface area contributed by atoms with E-state index < -0.39 is 26.4 Å². The molecule has 0 radical (unpaired) electrons. The lowest BCUT2D eigenvalue weighted by molar-refractivity contribution is 0.00298. The summed E-state index contributed by atoms with van der Waals surface area (Å²) in [6.07, 6.45) is 2.97. The number of hydrogen-bond donors (Lipinski definition) is 3. The van der Waals surface area contributed by atoms with Crippen LogP contribution in [0.5, 0.6) is 0 Å². The molecule has 0 rings (SSSR count). The largest absolute Gasteiger partial charge is 0.501 e. The molecule has 0 saturated carbocycles. The maximum atomic E-state index is 6.00. The molecule has 12 nitrogen and oxygen atoms in total. The van der Waals surface area contributed by atoms with E-state index in [2.05, 4.69) is 0 Å². The fourth-order valence-electron chi connectivity index (χ4n) is 3.85. The SMILES string of the molecule is CC(C)O[Si](CCCN)(OC(C)C)OC(C)C.CCO[Si](CCCN)(OCC)OCC.CO[Si](CCCN)(OC)OC. The number of hydrogen-bond acceptors (Lipinski definition) is 12. The minimum Gasteiger partial charge on any atom is -0.377 e. The van der Waals surface area contributed by atoms with Gasteiger partial charge in [0.15, 0.2) is 0 Å². The molecule has 6 N–H and O–H groups in total. The van der Waals surface area contributed by atoms with Crippen molar-refractivity contribution in [2.24, 2.45) is 17.2 Å². The zero-order valence-corrected chi connectivity index (χ0v) is 32.1. The smallest absolute Gasteiger partial charge is 0.377 e. The first kappa shape index (κ1) is 46.6. The van der Waals surface area contributed by atoms with Gasteiger partial charge in [-0.2, -0.15) is 0 Å². The molecule has 0 bridgehead atoms. The molecular weight excluding hydrogens is 595 g/mol. The topological polar surface area (TPSA) is 161 Å². The van der Waals surface area contributed by atoms with Gasteiger partial charge in [0.2, 0.25) is 0 Å². The van der Waals surface area contributed by atoms with Gasteiger partial charge >= 0.3 is 26.4 Å². The second kappa shape index (κ2) is 28.6. The number of rotatable bonds is 24. The van der Waals surface area contributed by atoms with Crippen LogP contribution in [-0.4, -0.2) is 106 Å². The van der Waals surface area contributed by atoms with E-state index in [4.69, 9.17) is 57.0 Å². The molecule has 0 fully saturated rings. The Kier molecular flexibility index (Phi) is 31.8. The van der Waals surface area contributed by atoms with Crippen molar-refractivity contribution in [3.63, 3.8) is 0 Å². The molecule has 0 spiro atoms. The molecule has 0 aromatic heterocycles. The molecular formula is C27H69N3O9Si3. The summed E-state index contributed by atoms with van der Waals surface area (Å²) >= 11 is 0. The molecule has 0 aliphatic heterocycles. The quantitative estimate of drug-likeness (QED) is 0.127. The third-order valence-corrected chi connectivity index (χ3v) is 14.8. The average Bonchev–Trinajstić information content (AvgIpc) is 2.92. The summed E-state index contributed by atoms with van der Waals surface area (Å²) in [4.78, 5) is 0. The predicted molar refractivity (Wildman–Crippen MR) is 177 cm³/mol. The number of nitrogens with two attached hydrogens (primary N) is 3. The van der Waals surface area contributed by atoms with Crippen LogP contribution in [0.25, 0.3) is 0 Å². The lowest BCUT2D eigenvalue weighted by Crippen LogP contribution is -2.50. The minimum atomic E-state index is -2.59. The van der Waals surface area contributed by atoms with Crippen LogP contribution in [-0.2, 0) is 39.8 Å². The molecule has 0 heterocycles. The molecule has 0 aromatic carbocycles. The zero-order valence-electron chi connectivity index (χ0n) is 29.1. The van der Waals surface area contributed by atoms with Crippen molar-refractivity contribution in [2.45, 2.75) is 118 Å². The monoisotopic (exact) mass is 663 g/mol. The maximum Gasteiger partial charge on any atom is 0.501 e. The molecule has 0 aliphatic rings. The Morgan fingerprint density at radius 3 is 0.929 bits per heavy atom. The zero-order chi connectivity index (χ0) is 33.1. The summed E-state index contributed by atoms with van der Waals surface area (Å²) in [6.45, 7) is 21.8. The van der Waals surface area contributed by atoms with Crippen LogP contribution in [0, 0.1) is 0 Å². The van der Waals surface area contributed by atoms with Gasteiger partial charge < -0.3 is 57.0 Å². The Morgan fingerprint density at radius 2 is 0.714 bits per heavy atom. The van der Waals surface area contributed by atoms with Crippen LogP contribution in [0.15, 0.2) is 0 Å². The molecule has 0 saturated heterocycles. The van der Waals surface area contributed by atoms with Crippen LogP contribution in [0.2, 0.25) is 18.1 Å². The van der Waals surface area contributed by atoms with E-state index in [9.17, 15) is 0 Å². The summed E-state index contributed by atoms with van der Waals surface area (Å²) in [5.74, 6) is 0. The summed E-state index contributed by atoms with van der Waals surface area (Å²) < 4.78 is 50.5. The van der Waals surface area contributed by atoms with Crippen LogP contribution >= 0.6 is 0 Å². The van der Waals surface area contributed by atoms with Crippen molar-refractivity contribution in [1.82, 2.24) is 0 Å². The molecule has 0 aliphatic carbocycles. The first-order valence-electron chi connectivity index (χ1n) is 15.5. The minimum absolute atomic E-state index is 0.108. The Labute approximate surface area is 262 Å². The van der Waals surface area contributed by atoms with Gasteiger partial charge in [0, 0.05) is 77.6 Å². The van der Waals surface area contributed by atoms with Crippen molar-refractivity contribution in [3.05, 3.63) is 0 Å². The van der Waals surface area contributed by atoms with E-state index in [1.807, 2.05) is 62.3 Å². The van der Waals surface area contributed by atoms with E-state index in [1.54, 1.807) is 21.3 Å². The highest BCUT2D eigenvalue weighted by atomic mass is 28.4. The van der Waals surface area contributed by atoms with Crippen LogP contribution < -0.4 is 17.2 Å². The van der Waals surface area contributed by atoms with Crippen LogP contribution in [0.4, 0.5) is 0 Å². The van der Waals surface area contributed by atoms with Crippen LogP contribution in [0.1, 0.15) is 81.6 Å². The molecule has 15 heteroatoms. The van der Waals surface area contributed by atoms with Gasteiger partial charge in [-0.3, -0.25) is 0 Å². The van der Waals surface area contributed by atoms with Gasteiger partial charge in [0.1, 0.15) is 0 Å². The normalized spacial score (nSPS) is 12.4. The van der Waals surface area contributed by atoms with Gasteiger partial charge in [-0.15, -0.1) is 0 Å². The summed E-state index contributed by atoms with van der Waals surface area (Å²) in [5.41, 5.74) is 16.4. The van der Waals surface area contributed by atoms with Crippen molar-refractivity contribution < 1.29 is 39.8 Å². The Morgan fingerprint density at radius 1 is 0.452 bits per heavy atom. The lowest BCUT2D eigenvalue weighted by Gasteiger charge is -2.34. The molecule has 0 aromatic rings. The predicted octanol–water partition coefficient (Wildman–Crippen LogP) is 4.15. The highest BCUT2D eigenvalue weighted by Gasteiger charge is 2.43. The van der Waals surface area contributed by atoms with E-state index >= 15 is 0 Å².